The highest BCUT2D eigenvalue weighted by atomic mass is 16.6. The molecule has 0 aliphatic rings. The summed E-state index contributed by atoms with van der Waals surface area (Å²) >= 11 is 0. The van der Waals surface area contributed by atoms with Gasteiger partial charge in [-0.15, -0.1) is 0 Å². The van der Waals surface area contributed by atoms with Gasteiger partial charge >= 0.3 is 5.97 Å². The molecule has 21 heavy (non-hydrogen) atoms. The summed E-state index contributed by atoms with van der Waals surface area (Å²) in [4.78, 5) is 34.6. The Morgan fingerprint density at radius 3 is 2.38 bits per heavy atom. The molecule has 0 aromatic heterocycles. The number of hydrogen-bond donors (Lipinski definition) is 1. The van der Waals surface area contributed by atoms with E-state index < -0.39 is 16.8 Å². The lowest BCUT2D eigenvalue weighted by Gasteiger charge is -2.21. The summed E-state index contributed by atoms with van der Waals surface area (Å²) in [6.45, 7) is -0.0875. The number of carbonyl (C=O) groups excluding carboxylic acids is 2. The van der Waals surface area contributed by atoms with Crippen molar-refractivity contribution >= 4 is 17.6 Å². The molecule has 0 radical (unpaired) electrons. The number of aliphatic hydroxyl groups excluding tert-OH is 1. The van der Waals surface area contributed by atoms with Crippen LogP contribution in [-0.2, 0) is 9.53 Å². The molecule has 114 valence electrons. The molecular weight excluding hydrogens is 280 g/mol. The zero-order valence-corrected chi connectivity index (χ0v) is 11.5. The third-order valence-electron chi connectivity index (χ3n) is 2.80. The predicted molar refractivity (Wildman–Crippen MR) is 72.7 cm³/mol. The minimum Gasteiger partial charge on any atom is -0.469 e. The Bertz CT molecular complexity index is 514. The number of aliphatic hydroxyl groups is 1. The minimum absolute atomic E-state index is 0.00915. The molecule has 1 rings (SSSR count). The Labute approximate surface area is 121 Å². The summed E-state index contributed by atoms with van der Waals surface area (Å²) in [5, 5.41) is 19.5. The minimum atomic E-state index is -0.559. The standard InChI is InChI=1S/C13H16N2O6/c1-21-12(17)6-7-14(8-9-16)13(18)10-2-4-11(5-3-10)15(19)20/h2-5,16H,6-9H2,1H3. The van der Waals surface area contributed by atoms with E-state index in [0.29, 0.717) is 0 Å². The normalized spacial score (nSPS) is 10.0. The first-order chi connectivity index (χ1) is 9.99. The monoisotopic (exact) mass is 296 g/mol. The molecule has 1 aromatic rings. The molecule has 0 aliphatic carbocycles. The van der Waals surface area contributed by atoms with Crippen LogP contribution < -0.4 is 0 Å². The molecule has 1 aromatic carbocycles. The number of ether oxygens (including phenoxy) is 1. The van der Waals surface area contributed by atoms with Crippen molar-refractivity contribution in [3.8, 4) is 0 Å². The molecule has 8 heteroatoms. The van der Waals surface area contributed by atoms with Crippen molar-refractivity contribution in [2.45, 2.75) is 6.42 Å². The number of carbonyl (C=O) groups is 2. The zero-order chi connectivity index (χ0) is 15.8. The van der Waals surface area contributed by atoms with Crippen LogP contribution in [0.2, 0.25) is 0 Å². The third-order valence-corrected chi connectivity index (χ3v) is 2.80. The summed E-state index contributed by atoms with van der Waals surface area (Å²) in [7, 11) is 1.25. The van der Waals surface area contributed by atoms with Gasteiger partial charge in [-0.3, -0.25) is 19.7 Å². The van der Waals surface area contributed by atoms with E-state index in [0.717, 1.165) is 0 Å². The molecule has 0 saturated heterocycles. The Kier molecular flexibility index (Phi) is 6.28. The van der Waals surface area contributed by atoms with Gasteiger partial charge in [-0.05, 0) is 12.1 Å². The zero-order valence-electron chi connectivity index (χ0n) is 11.5. The molecule has 0 aliphatic heterocycles. The maximum Gasteiger partial charge on any atom is 0.307 e. The largest absolute Gasteiger partial charge is 0.469 e. The lowest BCUT2D eigenvalue weighted by molar-refractivity contribution is -0.384. The van der Waals surface area contributed by atoms with Crippen molar-refractivity contribution in [1.29, 1.82) is 0 Å². The van der Waals surface area contributed by atoms with Gasteiger partial charge in [-0.1, -0.05) is 0 Å². The summed E-state index contributed by atoms with van der Waals surface area (Å²) in [6, 6.07) is 5.13. The van der Waals surface area contributed by atoms with Gasteiger partial charge in [0.05, 0.1) is 25.1 Å². The van der Waals surface area contributed by atoms with Crippen LogP contribution in [0.3, 0.4) is 0 Å². The van der Waals surface area contributed by atoms with Gasteiger partial charge in [0.1, 0.15) is 0 Å². The van der Waals surface area contributed by atoms with Crippen molar-refractivity contribution < 1.29 is 24.4 Å². The van der Waals surface area contributed by atoms with Crippen LogP contribution in [0, 0.1) is 10.1 Å². The smallest absolute Gasteiger partial charge is 0.307 e. The number of benzene rings is 1. The van der Waals surface area contributed by atoms with Crippen LogP contribution in [0.4, 0.5) is 5.69 Å². The van der Waals surface area contributed by atoms with Crippen molar-refractivity contribution in [1.82, 2.24) is 4.90 Å². The van der Waals surface area contributed by atoms with E-state index in [1.54, 1.807) is 0 Å². The first-order valence-corrected chi connectivity index (χ1v) is 6.21. The molecule has 0 bridgehead atoms. The molecule has 0 saturated carbocycles. The maximum absolute atomic E-state index is 12.2. The van der Waals surface area contributed by atoms with Gasteiger partial charge in [-0.2, -0.15) is 0 Å². The highest BCUT2D eigenvalue weighted by Gasteiger charge is 2.17. The van der Waals surface area contributed by atoms with Crippen LogP contribution in [0.1, 0.15) is 16.8 Å². The SMILES string of the molecule is COC(=O)CCN(CCO)C(=O)c1ccc([N+](=O)[O-])cc1. The summed E-state index contributed by atoms with van der Waals surface area (Å²) < 4.78 is 4.49. The number of hydrogen-bond acceptors (Lipinski definition) is 6. The molecule has 0 atom stereocenters. The average molecular weight is 296 g/mol. The maximum atomic E-state index is 12.2. The van der Waals surface area contributed by atoms with Gasteiger partial charge in [0.25, 0.3) is 11.6 Å². The van der Waals surface area contributed by atoms with Crippen LogP contribution in [0.15, 0.2) is 24.3 Å². The molecule has 0 unspecified atom stereocenters. The lowest BCUT2D eigenvalue weighted by atomic mass is 10.1. The molecule has 1 amide bonds. The Morgan fingerprint density at radius 1 is 1.29 bits per heavy atom. The average Bonchev–Trinajstić information content (AvgIpc) is 2.50. The Balaban J connectivity index is 2.79. The molecular formula is C13H16N2O6. The van der Waals surface area contributed by atoms with E-state index in [4.69, 9.17) is 5.11 Å². The first-order valence-electron chi connectivity index (χ1n) is 6.21. The quantitative estimate of drug-likeness (QED) is 0.448. The van der Waals surface area contributed by atoms with Gasteiger partial charge in [0, 0.05) is 30.8 Å². The summed E-state index contributed by atoms with van der Waals surface area (Å²) in [5.74, 6) is -0.878. The van der Waals surface area contributed by atoms with Gasteiger partial charge in [0.15, 0.2) is 0 Å². The topological polar surface area (TPSA) is 110 Å². The van der Waals surface area contributed by atoms with Crippen LogP contribution in [0.5, 0.6) is 0 Å². The van der Waals surface area contributed by atoms with Crippen molar-refractivity contribution in [2.24, 2.45) is 0 Å². The van der Waals surface area contributed by atoms with Crippen molar-refractivity contribution in [3.63, 3.8) is 0 Å². The third kappa shape index (κ3) is 4.84. The van der Waals surface area contributed by atoms with E-state index in [1.807, 2.05) is 0 Å². The second-order valence-electron chi connectivity index (χ2n) is 4.15. The lowest BCUT2D eigenvalue weighted by Crippen LogP contribution is -2.35. The van der Waals surface area contributed by atoms with Gasteiger partial charge < -0.3 is 14.7 Å². The second kappa shape index (κ2) is 7.95. The number of nitro benzene ring substituents is 1. The van der Waals surface area contributed by atoms with Crippen molar-refractivity contribution in [2.75, 3.05) is 26.8 Å². The van der Waals surface area contributed by atoms with E-state index >= 15 is 0 Å². The molecule has 0 heterocycles. The number of esters is 1. The Morgan fingerprint density at radius 2 is 1.90 bits per heavy atom. The summed E-state index contributed by atoms with van der Waals surface area (Å²) in [6.07, 6.45) is 0.00915. The molecule has 1 N–H and O–H groups in total. The van der Waals surface area contributed by atoms with Crippen LogP contribution >= 0.6 is 0 Å². The number of nitro groups is 1. The number of methoxy groups -OCH3 is 1. The van der Waals surface area contributed by atoms with Crippen LogP contribution in [0.25, 0.3) is 0 Å². The number of non-ortho nitro benzene ring substituents is 1. The fraction of sp³-hybridized carbons (Fsp3) is 0.385. The predicted octanol–water partition coefficient (Wildman–Crippen LogP) is 0.592. The number of nitrogens with zero attached hydrogens (tertiary/aromatic N) is 2. The molecule has 0 spiro atoms. The highest BCUT2D eigenvalue weighted by molar-refractivity contribution is 5.94. The summed E-state index contributed by atoms with van der Waals surface area (Å²) in [5.41, 5.74) is 0.133. The van der Waals surface area contributed by atoms with Crippen molar-refractivity contribution in [3.05, 3.63) is 39.9 Å². The highest BCUT2D eigenvalue weighted by Crippen LogP contribution is 2.13. The second-order valence-corrected chi connectivity index (χ2v) is 4.15. The van der Waals surface area contributed by atoms with Crippen LogP contribution in [-0.4, -0.2) is 53.6 Å². The van der Waals surface area contributed by atoms with E-state index in [2.05, 4.69) is 4.74 Å². The fourth-order valence-corrected chi connectivity index (χ4v) is 1.67. The number of rotatable bonds is 7. The first kappa shape index (κ1) is 16.6. The van der Waals surface area contributed by atoms with E-state index in [-0.39, 0.29) is 37.4 Å². The van der Waals surface area contributed by atoms with Gasteiger partial charge in [0.2, 0.25) is 0 Å². The van der Waals surface area contributed by atoms with Gasteiger partial charge in [-0.25, -0.2) is 0 Å². The fourth-order valence-electron chi connectivity index (χ4n) is 1.67. The molecule has 0 fully saturated rings. The van der Waals surface area contributed by atoms with E-state index in [1.165, 1.54) is 36.3 Å². The molecule has 8 nitrogen and oxygen atoms in total. The number of amides is 1. The Hall–Kier alpha value is -2.48. The van der Waals surface area contributed by atoms with E-state index in [9.17, 15) is 19.7 Å².